The average molecular weight is 412 g/mol. The van der Waals surface area contributed by atoms with Gasteiger partial charge in [0, 0.05) is 75.2 Å². The maximum atomic E-state index is 12.7. The number of likely N-dealkylation sites (N-methyl/N-ethyl adjacent to an activating group) is 1. The number of piperidine rings is 1. The highest BCUT2D eigenvalue weighted by Gasteiger charge is 2.27. The lowest BCUT2D eigenvalue weighted by Crippen LogP contribution is -2.49. The molecule has 8 heteroatoms. The zero-order chi connectivity index (χ0) is 21.1. The van der Waals surface area contributed by atoms with E-state index in [0.717, 1.165) is 69.7 Å². The minimum absolute atomic E-state index is 0.0884. The first kappa shape index (κ1) is 20.5. The van der Waals surface area contributed by atoms with Crippen molar-refractivity contribution in [2.24, 2.45) is 5.92 Å². The third-order valence-corrected chi connectivity index (χ3v) is 6.56. The third-order valence-electron chi connectivity index (χ3n) is 6.56. The Hall–Kier alpha value is -2.74. The van der Waals surface area contributed by atoms with E-state index in [4.69, 9.17) is 0 Å². The number of anilines is 1. The zero-order valence-electron chi connectivity index (χ0n) is 17.5. The molecule has 2 aromatic rings. The summed E-state index contributed by atoms with van der Waals surface area (Å²) in [5.74, 6) is 0.694. The minimum Gasteiger partial charge on any atom is -0.371 e. The van der Waals surface area contributed by atoms with Crippen LogP contribution in [0.1, 0.15) is 26.2 Å². The van der Waals surface area contributed by atoms with E-state index in [1.807, 2.05) is 17.0 Å². The molecule has 2 aliphatic rings. The second-order valence-corrected chi connectivity index (χ2v) is 8.23. The number of hydrogen-bond donors (Lipinski definition) is 0. The van der Waals surface area contributed by atoms with Gasteiger partial charge in [-0.15, -0.1) is 0 Å². The fourth-order valence-electron chi connectivity index (χ4n) is 4.66. The number of rotatable bonds is 5. The van der Waals surface area contributed by atoms with Crippen LogP contribution in [0, 0.1) is 16.0 Å². The van der Waals surface area contributed by atoms with Gasteiger partial charge in [0.25, 0.3) is 5.69 Å². The highest BCUT2D eigenvalue weighted by Crippen LogP contribution is 2.35. The molecule has 0 radical (unpaired) electrons. The van der Waals surface area contributed by atoms with Gasteiger partial charge >= 0.3 is 0 Å². The number of hydrogen-bond acceptors (Lipinski definition) is 6. The van der Waals surface area contributed by atoms with E-state index >= 15 is 0 Å². The Kier molecular flexibility index (Phi) is 6.13. The summed E-state index contributed by atoms with van der Waals surface area (Å²) >= 11 is 0. The molecule has 2 aliphatic heterocycles. The van der Waals surface area contributed by atoms with Crippen LogP contribution in [-0.4, -0.2) is 71.4 Å². The molecule has 0 aliphatic carbocycles. The van der Waals surface area contributed by atoms with Gasteiger partial charge in [-0.2, -0.15) is 0 Å². The predicted octanol–water partition coefficient (Wildman–Crippen LogP) is 2.91. The average Bonchev–Trinajstić information content (AvgIpc) is 2.79. The quantitative estimate of drug-likeness (QED) is 0.556. The Morgan fingerprint density at radius 1 is 1.10 bits per heavy atom. The van der Waals surface area contributed by atoms with Crippen LogP contribution in [0.3, 0.4) is 0 Å². The minimum atomic E-state index is -0.355. The summed E-state index contributed by atoms with van der Waals surface area (Å²) < 4.78 is 0. The Morgan fingerprint density at radius 2 is 1.83 bits per heavy atom. The van der Waals surface area contributed by atoms with E-state index in [1.54, 1.807) is 18.5 Å². The summed E-state index contributed by atoms with van der Waals surface area (Å²) in [4.78, 5) is 34.5. The number of amides is 1. The molecule has 1 aromatic heterocycles. The Bertz CT molecular complexity index is 918. The number of piperazine rings is 1. The molecule has 160 valence electrons. The van der Waals surface area contributed by atoms with E-state index in [9.17, 15) is 14.9 Å². The summed E-state index contributed by atoms with van der Waals surface area (Å²) in [7, 11) is 0. The van der Waals surface area contributed by atoms with E-state index in [0.29, 0.717) is 17.7 Å². The number of carbonyl (C=O) groups excluding carboxylic acids is 1. The van der Waals surface area contributed by atoms with Gasteiger partial charge in [-0.05, 0) is 37.4 Å². The molecule has 0 atom stereocenters. The van der Waals surface area contributed by atoms with E-state index in [-0.39, 0.29) is 16.5 Å². The van der Waals surface area contributed by atoms with Crippen molar-refractivity contribution in [1.82, 2.24) is 14.8 Å². The van der Waals surface area contributed by atoms with Gasteiger partial charge in [0.05, 0.1) is 10.3 Å². The first-order chi connectivity index (χ1) is 14.6. The molecule has 2 fully saturated rings. The van der Waals surface area contributed by atoms with Crippen LogP contribution in [0.4, 0.5) is 11.4 Å². The number of nitro groups is 1. The van der Waals surface area contributed by atoms with E-state index in [2.05, 4.69) is 21.7 Å². The van der Waals surface area contributed by atoms with Crippen LogP contribution in [0.2, 0.25) is 0 Å². The lowest BCUT2D eigenvalue weighted by atomic mass is 9.92. The summed E-state index contributed by atoms with van der Waals surface area (Å²) in [5.41, 5.74) is 1.10. The first-order valence-corrected chi connectivity index (χ1v) is 10.8. The molecular weight excluding hydrogens is 382 g/mol. The Labute approximate surface area is 176 Å². The van der Waals surface area contributed by atoms with Crippen molar-refractivity contribution in [3.05, 3.63) is 40.7 Å². The molecule has 0 bridgehead atoms. The van der Waals surface area contributed by atoms with Gasteiger partial charge in [0.2, 0.25) is 5.91 Å². The van der Waals surface area contributed by atoms with Crippen LogP contribution in [-0.2, 0) is 4.79 Å². The lowest BCUT2D eigenvalue weighted by molar-refractivity contribution is -0.383. The van der Waals surface area contributed by atoms with Crippen LogP contribution in [0.5, 0.6) is 0 Å². The molecule has 1 amide bonds. The maximum absolute atomic E-state index is 12.7. The van der Waals surface area contributed by atoms with Crippen molar-refractivity contribution in [2.75, 3.05) is 50.7 Å². The molecular formula is C22H29N5O3. The van der Waals surface area contributed by atoms with Crippen LogP contribution < -0.4 is 4.90 Å². The highest BCUT2D eigenvalue weighted by molar-refractivity contribution is 5.99. The second kappa shape index (κ2) is 8.95. The number of nitro benzene ring substituents is 1. The first-order valence-electron chi connectivity index (χ1n) is 10.8. The van der Waals surface area contributed by atoms with Crippen molar-refractivity contribution >= 4 is 28.1 Å². The molecule has 8 nitrogen and oxygen atoms in total. The molecule has 2 saturated heterocycles. The zero-order valence-corrected chi connectivity index (χ0v) is 17.5. The number of benzene rings is 1. The van der Waals surface area contributed by atoms with Gasteiger partial charge in [-0.25, -0.2) is 0 Å². The molecule has 0 saturated carbocycles. The predicted molar refractivity (Wildman–Crippen MR) is 117 cm³/mol. The molecule has 3 heterocycles. The van der Waals surface area contributed by atoms with Gasteiger partial charge in [-0.3, -0.25) is 19.9 Å². The van der Waals surface area contributed by atoms with Gasteiger partial charge in [0.1, 0.15) is 0 Å². The Balaban J connectivity index is 1.38. The van der Waals surface area contributed by atoms with Crippen molar-refractivity contribution in [1.29, 1.82) is 0 Å². The van der Waals surface area contributed by atoms with Crippen molar-refractivity contribution in [3.63, 3.8) is 0 Å². The molecule has 0 unspecified atom stereocenters. The van der Waals surface area contributed by atoms with Crippen molar-refractivity contribution < 1.29 is 9.72 Å². The fraction of sp³-hybridized carbons (Fsp3) is 0.545. The molecule has 0 spiro atoms. The number of nitrogens with zero attached hydrogens (tertiary/aromatic N) is 5. The smallest absolute Gasteiger partial charge is 0.278 e. The topological polar surface area (TPSA) is 82.8 Å². The Morgan fingerprint density at radius 3 is 2.50 bits per heavy atom. The highest BCUT2D eigenvalue weighted by atomic mass is 16.6. The lowest BCUT2D eigenvalue weighted by Gasteiger charge is -2.37. The number of carbonyl (C=O) groups is 1. The third kappa shape index (κ3) is 4.23. The number of pyridine rings is 1. The molecule has 4 rings (SSSR count). The molecule has 0 N–H and O–H groups in total. The summed E-state index contributed by atoms with van der Waals surface area (Å²) in [5, 5.41) is 12.8. The monoisotopic (exact) mass is 411 g/mol. The summed E-state index contributed by atoms with van der Waals surface area (Å²) in [6.07, 6.45) is 5.80. The van der Waals surface area contributed by atoms with Crippen LogP contribution >= 0.6 is 0 Å². The number of non-ortho nitro benzene ring substituents is 1. The number of aromatic nitrogens is 1. The summed E-state index contributed by atoms with van der Waals surface area (Å²) in [6.45, 7) is 8.56. The molecule has 1 aromatic carbocycles. The molecule has 30 heavy (non-hydrogen) atoms. The maximum Gasteiger partial charge on any atom is 0.278 e. The van der Waals surface area contributed by atoms with Crippen LogP contribution in [0.25, 0.3) is 10.8 Å². The number of fused-ring (bicyclic) bond motifs is 1. The van der Waals surface area contributed by atoms with Crippen LogP contribution in [0.15, 0.2) is 30.6 Å². The fourth-order valence-corrected chi connectivity index (χ4v) is 4.66. The van der Waals surface area contributed by atoms with E-state index < -0.39 is 0 Å². The van der Waals surface area contributed by atoms with Gasteiger partial charge in [-0.1, -0.05) is 6.92 Å². The second-order valence-electron chi connectivity index (χ2n) is 8.23. The summed E-state index contributed by atoms with van der Waals surface area (Å²) in [6, 6.07) is 5.27. The largest absolute Gasteiger partial charge is 0.371 e. The van der Waals surface area contributed by atoms with Gasteiger partial charge < -0.3 is 14.7 Å². The van der Waals surface area contributed by atoms with Crippen molar-refractivity contribution in [2.45, 2.75) is 26.2 Å². The SMILES string of the molecule is CCN1CCN(C(=O)CC2CCN(c3ccc([N+](=O)[O-])c4cnccc34)CC2)CC1. The van der Waals surface area contributed by atoms with Crippen molar-refractivity contribution in [3.8, 4) is 0 Å². The van der Waals surface area contributed by atoms with E-state index in [1.165, 1.54) is 0 Å². The standard InChI is InChI=1S/C22H29N5O3/c1-2-24-11-13-26(14-12-24)22(28)15-17-6-9-25(10-7-17)20-3-4-21(27(29)30)19-16-23-8-5-18(19)20/h3-5,8,16-17H,2,6-7,9-15H2,1H3. The van der Waals surface area contributed by atoms with Gasteiger partial charge in [0.15, 0.2) is 0 Å². The normalized spacial score (nSPS) is 18.7.